The smallest absolute Gasteiger partial charge is 0.164 e. The molecule has 0 spiro atoms. The van der Waals surface area contributed by atoms with E-state index in [-0.39, 0.29) is 0 Å². The van der Waals surface area contributed by atoms with Gasteiger partial charge >= 0.3 is 0 Å². The summed E-state index contributed by atoms with van der Waals surface area (Å²) < 4.78 is 2.49. The zero-order valence-corrected chi connectivity index (χ0v) is 30.2. The van der Waals surface area contributed by atoms with E-state index in [1.807, 2.05) is 121 Å². The topological polar surface area (TPSA) is 77.3 Å². The van der Waals surface area contributed by atoms with Gasteiger partial charge in [0, 0.05) is 53.6 Å². The fourth-order valence-corrected chi connectivity index (χ4v) is 7.96. The number of hydrogen-bond acceptors (Lipinski definition) is 7. The molecule has 0 aliphatic heterocycles. The Kier molecular flexibility index (Phi) is 8.24. The van der Waals surface area contributed by atoms with Crippen LogP contribution in [0.15, 0.2) is 182 Å². The van der Waals surface area contributed by atoms with Crippen LogP contribution < -0.4 is 0 Å². The maximum atomic E-state index is 5.14. The highest BCUT2D eigenvalue weighted by Gasteiger charge is 2.20. The molecule has 0 fully saturated rings. The van der Waals surface area contributed by atoms with Gasteiger partial charge in [-0.15, -0.1) is 11.3 Å². The minimum Gasteiger partial charge on any atom is -0.208 e. The lowest BCUT2D eigenvalue weighted by molar-refractivity contribution is 1.07. The third-order valence-corrected chi connectivity index (χ3v) is 10.8. The molecule has 3 heterocycles. The molecule has 0 saturated heterocycles. The first-order valence-electron chi connectivity index (χ1n) is 18.0. The van der Waals surface area contributed by atoms with Gasteiger partial charge in [-0.2, -0.15) is 0 Å². The molecule has 258 valence electrons. The number of rotatable bonds is 7. The van der Waals surface area contributed by atoms with E-state index >= 15 is 0 Å². The number of nitrogens with zero attached hydrogens (tertiary/aromatic N) is 6. The molecule has 0 radical (unpaired) electrons. The van der Waals surface area contributed by atoms with Crippen LogP contribution in [0.3, 0.4) is 0 Å². The van der Waals surface area contributed by atoms with Gasteiger partial charge in [0.15, 0.2) is 34.9 Å². The van der Waals surface area contributed by atoms with E-state index in [9.17, 15) is 0 Å². The van der Waals surface area contributed by atoms with E-state index in [4.69, 9.17) is 29.9 Å². The Balaban J connectivity index is 1.22. The van der Waals surface area contributed by atoms with Gasteiger partial charge in [-0.05, 0) is 41.5 Å². The van der Waals surface area contributed by atoms with Crippen LogP contribution >= 0.6 is 11.3 Å². The molecular weight excluding hydrogens is 693 g/mol. The number of aromatic nitrogens is 6. The molecule has 7 heteroatoms. The van der Waals surface area contributed by atoms with Crippen molar-refractivity contribution in [1.82, 2.24) is 29.9 Å². The minimum atomic E-state index is 0.577. The molecule has 0 bridgehead atoms. The lowest BCUT2D eigenvalue weighted by atomic mass is 9.95. The molecular formula is C48H30N6S. The van der Waals surface area contributed by atoms with Gasteiger partial charge < -0.3 is 0 Å². The summed E-state index contributed by atoms with van der Waals surface area (Å²) in [4.78, 5) is 30.3. The Morgan fingerprint density at radius 3 is 1.16 bits per heavy atom. The second-order valence-electron chi connectivity index (χ2n) is 13.1. The molecule has 0 N–H and O–H groups in total. The van der Waals surface area contributed by atoms with Crippen LogP contribution in [-0.2, 0) is 0 Å². The zero-order chi connectivity index (χ0) is 36.6. The fourth-order valence-electron chi connectivity index (χ4n) is 6.88. The van der Waals surface area contributed by atoms with Crippen LogP contribution in [0.5, 0.6) is 0 Å². The van der Waals surface area contributed by atoms with E-state index in [0.29, 0.717) is 34.9 Å². The van der Waals surface area contributed by atoms with Crippen molar-refractivity contribution < 1.29 is 0 Å². The maximum Gasteiger partial charge on any atom is 0.164 e. The first kappa shape index (κ1) is 32.4. The van der Waals surface area contributed by atoms with Crippen molar-refractivity contribution in [3.05, 3.63) is 182 Å². The molecule has 7 aromatic carbocycles. The van der Waals surface area contributed by atoms with Gasteiger partial charge in [0.2, 0.25) is 0 Å². The van der Waals surface area contributed by atoms with Crippen molar-refractivity contribution in [2.45, 2.75) is 0 Å². The average molecular weight is 723 g/mol. The summed E-state index contributed by atoms with van der Waals surface area (Å²) in [5.41, 5.74) is 7.40. The number of hydrogen-bond donors (Lipinski definition) is 0. The van der Waals surface area contributed by atoms with Crippen molar-refractivity contribution >= 4 is 31.5 Å². The van der Waals surface area contributed by atoms with Crippen molar-refractivity contribution in [2.75, 3.05) is 0 Å². The van der Waals surface area contributed by atoms with Crippen molar-refractivity contribution in [3.8, 4) is 79.5 Å². The van der Waals surface area contributed by atoms with Crippen LogP contribution in [0.2, 0.25) is 0 Å². The molecule has 6 nitrogen and oxygen atoms in total. The normalized spacial score (nSPS) is 11.3. The van der Waals surface area contributed by atoms with Crippen LogP contribution in [0.4, 0.5) is 0 Å². The lowest BCUT2D eigenvalue weighted by Crippen LogP contribution is -2.02. The van der Waals surface area contributed by atoms with Crippen molar-refractivity contribution in [3.63, 3.8) is 0 Å². The second kappa shape index (κ2) is 14.0. The van der Waals surface area contributed by atoms with Gasteiger partial charge in [0.1, 0.15) is 0 Å². The third kappa shape index (κ3) is 6.33. The summed E-state index contributed by atoms with van der Waals surface area (Å²) in [6, 6.07) is 61.8. The molecule has 3 aromatic heterocycles. The number of fused-ring (bicyclic) bond motifs is 3. The highest BCUT2D eigenvalue weighted by Crippen LogP contribution is 2.40. The number of thiophene rings is 1. The summed E-state index contributed by atoms with van der Waals surface area (Å²) in [6.45, 7) is 0. The molecule has 0 saturated carbocycles. The highest BCUT2D eigenvalue weighted by molar-refractivity contribution is 7.25. The van der Waals surface area contributed by atoms with Crippen molar-refractivity contribution in [1.29, 1.82) is 0 Å². The van der Waals surface area contributed by atoms with E-state index < -0.39 is 0 Å². The fraction of sp³-hybridized carbons (Fsp3) is 0. The molecule has 0 unspecified atom stereocenters. The van der Waals surface area contributed by atoms with E-state index in [1.165, 1.54) is 20.2 Å². The number of benzene rings is 7. The minimum absolute atomic E-state index is 0.577. The first-order valence-corrected chi connectivity index (χ1v) is 18.9. The highest BCUT2D eigenvalue weighted by atomic mass is 32.1. The standard InChI is InChI=1S/C48H30N6S/c1-5-15-31(16-6-1)43-49-44(32-17-7-2-8-18-32)52-47(51-43)36-25-27-38(39(30-36)35-26-28-42-40(29-35)37-23-13-14-24-41(37)55-42)48-53-45(33-19-9-3-10-20-33)50-46(54-48)34-21-11-4-12-22-34/h1-30H. The molecule has 55 heavy (non-hydrogen) atoms. The summed E-state index contributed by atoms with van der Waals surface area (Å²) in [5, 5.41) is 2.44. The Morgan fingerprint density at radius 1 is 0.255 bits per heavy atom. The van der Waals surface area contributed by atoms with Gasteiger partial charge in [-0.1, -0.05) is 152 Å². The summed E-state index contributed by atoms with van der Waals surface area (Å²) in [5.74, 6) is 3.59. The second-order valence-corrected chi connectivity index (χ2v) is 14.2. The van der Waals surface area contributed by atoms with Crippen LogP contribution in [0.1, 0.15) is 0 Å². The van der Waals surface area contributed by atoms with E-state index in [0.717, 1.165) is 44.5 Å². The van der Waals surface area contributed by atoms with Gasteiger partial charge in [0.25, 0.3) is 0 Å². The molecule has 0 aliphatic carbocycles. The monoisotopic (exact) mass is 722 g/mol. The predicted octanol–water partition coefficient (Wildman–Crippen LogP) is 12.1. The summed E-state index contributed by atoms with van der Waals surface area (Å²) >= 11 is 1.80. The van der Waals surface area contributed by atoms with E-state index in [2.05, 4.69) is 60.7 Å². The zero-order valence-electron chi connectivity index (χ0n) is 29.4. The Morgan fingerprint density at radius 2 is 0.655 bits per heavy atom. The maximum absolute atomic E-state index is 5.14. The molecule has 10 rings (SSSR count). The molecule has 10 aromatic rings. The Hall–Kier alpha value is -7.22. The third-order valence-electron chi connectivity index (χ3n) is 9.61. The first-order chi connectivity index (χ1) is 27.2. The quantitative estimate of drug-likeness (QED) is 0.163. The van der Waals surface area contributed by atoms with Crippen LogP contribution in [0.25, 0.3) is 99.6 Å². The predicted molar refractivity (Wildman–Crippen MR) is 224 cm³/mol. The van der Waals surface area contributed by atoms with Crippen LogP contribution in [0, 0.1) is 0 Å². The van der Waals surface area contributed by atoms with E-state index in [1.54, 1.807) is 11.3 Å². The lowest BCUT2D eigenvalue weighted by Gasteiger charge is -2.14. The Labute approximate surface area is 321 Å². The van der Waals surface area contributed by atoms with Crippen LogP contribution in [-0.4, -0.2) is 29.9 Å². The molecule has 0 amide bonds. The molecule has 0 aliphatic rings. The largest absolute Gasteiger partial charge is 0.208 e. The average Bonchev–Trinajstić information content (AvgIpc) is 3.65. The van der Waals surface area contributed by atoms with Gasteiger partial charge in [-0.25, -0.2) is 29.9 Å². The Bertz CT molecular complexity index is 2850. The van der Waals surface area contributed by atoms with Crippen molar-refractivity contribution in [2.24, 2.45) is 0 Å². The summed E-state index contributed by atoms with van der Waals surface area (Å²) in [7, 11) is 0. The van der Waals surface area contributed by atoms with Gasteiger partial charge in [0.05, 0.1) is 0 Å². The molecule has 0 atom stereocenters. The van der Waals surface area contributed by atoms with Gasteiger partial charge in [-0.3, -0.25) is 0 Å². The summed E-state index contributed by atoms with van der Waals surface area (Å²) in [6.07, 6.45) is 0. The SMILES string of the molecule is c1ccc(-c2nc(-c3ccccc3)nc(-c3ccc(-c4nc(-c5ccccc5)nc(-c5ccccc5)n4)c(-c4ccc5sc6ccccc6c5c4)c3)n2)cc1.